The average molecular weight is 435 g/mol. The van der Waals surface area contributed by atoms with E-state index in [1.165, 1.54) is 18.9 Å². The van der Waals surface area contributed by atoms with Crippen molar-refractivity contribution in [2.24, 2.45) is 0 Å². The van der Waals surface area contributed by atoms with E-state index in [9.17, 15) is 18.0 Å². The van der Waals surface area contributed by atoms with Crippen molar-refractivity contribution >= 4 is 29.3 Å². The van der Waals surface area contributed by atoms with Crippen LogP contribution in [0.3, 0.4) is 0 Å². The molecule has 0 bridgehead atoms. The Hall–Kier alpha value is -2.06. The van der Waals surface area contributed by atoms with Gasteiger partial charge in [-0.15, -0.1) is 11.8 Å². The quantitative estimate of drug-likeness (QED) is 0.383. The van der Waals surface area contributed by atoms with Gasteiger partial charge in [0, 0.05) is 11.0 Å². The first-order valence-electron chi connectivity index (χ1n) is 8.21. The highest BCUT2D eigenvalue weighted by Gasteiger charge is 2.31. The minimum atomic E-state index is -4.49. The van der Waals surface area contributed by atoms with Crippen LogP contribution in [0.1, 0.15) is 19.4 Å². The van der Waals surface area contributed by atoms with Crippen molar-refractivity contribution in [2.75, 3.05) is 12.9 Å². The zero-order chi connectivity index (χ0) is 20.9. The van der Waals surface area contributed by atoms with Gasteiger partial charge < -0.3 is 14.2 Å². The maximum atomic E-state index is 12.8. The van der Waals surface area contributed by atoms with Crippen molar-refractivity contribution in [1.82, 2.24) is 0 Å². The van der Waals surface area contributed by atoms with E-state index in [0.717, 1.165) is 28.8 Å². The maximum Gasteiger partial charge on any atom is 0.416 e. The molecule has 0 fully saturated rings. The molecule has 0 saturated heterocycles. The molecule has 0 N–H and O–H groups in total. The molecule has 0 amide bonds. The third kappa shape index (κ3) is 5.72. The first kappa shape index (κ1) is 22.2. The lowest BCUT2D eigenvalue weighted by Crippen LogP contribution is -2.25. The lowest BCUT2D eigenvalue weighted by Gasteiger charge is -2.17. The van der Waals surface area contributed by atoms with Crippen LogP contribution in [0.2, 0.25) is 5.02 Å². The van der Waals surface area contributed by atoms with E-state index in [2.05, 4.69) is 4.74 Å². The Labute approximate surface area is 169 Å². The van der Waals surface area contributed by atoms with E-state index in [1.807, 2.05) is 6.92 Å². The molecule has 0 saturated carbocycles. The molecule has 2 aromatic rings. The molecule has 0 spiro atoms. The fourth-order valence-electron chi connectivity index (χ4n) is 2.21. The Kier molecular flexibility index (Phi) is 7.48. The molecule has 9 heteroatoms. The summed E-state index contributed by atoms with van der Waals surface area (Å²) in [5, 5.41) is -0.174. The first-order chi connectivity index (χ1) is 13.2. The zero-order valence-electron chi connectivity index (χ0n) is 15.3. The standard InChI is InChI=1S/C19H18ClF3O4S/c1-4-28-17-8-6-13(10-16(17)26-11(2)18(24)25-3)27-15-7-5-12(9-14(15)20)19(21,22)23/h5-11H,4H2,1-3H3. The number of alkyl halides is 3. The van der Waals surface area contributed by atoms with Gasteiger partial charge in [-0.25, -0.2) is 4.79 Å². The van der Waals surface area contributed by atoms with Gasteiger partial charge in [0.05, 0.1) is 17.7 Å². The number of rotatable bonds is 7. The highest BCUT2D eigenvalue weighted by Crippen LogP contribution is 2.39. The van der Waals surface area contributed by atoms with Gasteiger partial charge in [0.15, 0.2) is 6.10 Å². The predicted molar refractivity (Wildman–Crippen MR) is 101 cm³/mol. The van der Waals surface area contributed by atoms with E-state index >= 15 is 0 Å². The van der Waals surface area contributed by atoms with E-state index in [0.29, 0.717) is 11.5 Å². The lowest BCUT2D eigenvalue weighted by atomic mass is 10.2. The smallest absolute Gasteiger partial charge is 0.416 e. The normalized spacial score (nSPS) is 12.4. The maximum absolute atomic E-state index is 12.8. The number of ether oxygens (including phenoxy) is 3. The lowest BCUT2D eigenvalue weighted by molar-refractivity contribution is -0.148. The highest BCUT2D eigenvalue weighted by molar-refractivity contribution is 7.99. The Morgan fingerprint density at radius 2 is 1.89 bits per heavy atom. The van der Waals surface area contributed by atoms with Crippen LogP contribution in [0, 0.1) is 0 Å². The summed E-state index contributed by atoms with van der Waals surface area (Å²) in [6.45, 7) is 3.51. The summed E-state index contributed by atoms with van der Waals surface area (Å²) >= 11 is 7.43. The summed E-state index contributed by atoms with van der Waals surface area (Å²) in [6, 6.07) is 7.76. The van der Waals surface area contributed by atoms with Crippen LogP contribution in [0.25, 0.3) is 0 Å². The number of hydrogen-bond donors (Lipinski definition) is 0. The second-order valence-corrected chi connectivity index (χ2v) is 7.28. The molecule has 0 aliphatic heterocycles. The van der Waals surface area contributed by atoms with Crippen LogP contribution < -0.4 is 9.47 Å². The van der Waals surface area contributed by atoms with E-state index in [4.69, 9.17) is 21.1 Å². The predicted octanol–water partition coefficient (Wildman–Crippen LogP) is 6.20. The van der Waals surface area contributed by atoms with Crippen molar-refractivity contribution in [3.8, 4) is 17.2 Å². The molecule has 1 atom stereocenters. The number of carbonyl (C=O) groups excluding carboxylic acids is 1. The van der Waals surface area contributed by atoms with Gasteiger partial charge in [0.1, 0.15) is 17.2 Å². The van der Waals surface area contributed by atoms with Crippen LogP contribution in [-0.4, -0.2) is 24.9 Å². The van der Waals surface area contributed by atoms with Gasteiger partial charge >= 0.3 is 12.1 Å². The van der Waals surface area contributed by atoms with E-state index in [-0.39, 0.29) is 10.8 Å². The largest absolute Gasteiger partial charge is 0.478 e. The highest BCUT2D eigenvalue weighted by atomic mass is 35.5. The third-order valence-electron chi connectivity index (χ3n) is 3.54. The van der Waals surface area contributed by atoms with Gasteiger partial charge in [0.25, 0.3) is 0 Å². The summed E-state index contributed by atoms with van der Waals surface area (Å²) in [5.41, 5.74) is -0.865. The Morgan fingerprint density at radius 1 is 1.18 bits per heavy atom. The van der Waals surface area contributed by atoms with Crippen molar-refractivity contribution < 1.29 is 32.2 Å². The molecule has 0 aliphatic carbocycles. The fourth-order valence-corrected chi connectivity index (χ4v) is 3.15. The van der Waals surface area contributed by atoms with Crippen LogP contribution >= 0.6 is 23.4 Å². The number of thioether (sulfide) groups is 1. The monoisotopic (exact) mass is 434 g/mol. The minimum absolute atomic E-state index is 0.0672. The van der Waals surface area contributed by atoms with Gasteiger partial charge in [-0.1, -0.05) is 18.5 Å². The molecule has 0 heterocycles. The molecule has 152 valence electrons. The number of hydrogen-bond acceptors (Lipinski definition) is 5. The summed E-state index contributed by atoms with van der Waals surface area (Å²) in [6.07, 6.45) is -5.34. The fraction of sp³-hybridized carbons (Fsp3) is 0.316. The average Bonchev–Trinajstić information content (AvgIpc) is 2.64. The number of benzene rings is 2. The van der Waals surface area contributed by atoms with Crippen LogP contribution in [0.4, 0.5) is 13.2 Å². The number of carbonyl (C=O) groups is 1. The molecule has 0 radical (unpaired) electrons. The summed E-state index contributed by atoms with van der Waals surface area (Å²) in [4.78, 5) is 12.4. The number of methoxy groups -OCH3 is 1. The minimum Gasteiger partial charge on any atom is -0.478 e. The molecule has 0 aliphatic rings. The molecular weight excluding hydrogens is 417 g/mol. The van der Waals surface area contributed by atoms with Gasteiger partial charge in [0.2, 0.25) is 0 Å². The van der Waals surface area contributed by atoms with Crippen LogP contribution in [-0.2, 0) is 15.7 Å². The topological polar surface area (TPSA) is 44.8 Å². The molecule has 2 aromatic carbocycles. The molecule has 0 aromatic heterocycles. The SMILES string of the molecule is CCSc1ccc(Oc2ccc(C(F)(F)F)cc2Cl)cc1OC(C)C(=O)OC. The van der Waals surface area contributed by atoms with E-state index in [1.54, 1.807) is 25.1 Å². The summed E-state index contributed by atoms with van der Waals surface area (Å²) in [7, 11) is 1.26. The second-order valence-electron chi connectivity index (χ2n) is 5.57. The Morgan fingerprint density at radius 3 is 2.46 bits per heavy atom. The van der Waals surface area contributed by atoms with Crippen molar-refractivity contribution in [2.45, 2.75) is 31.0 Å². The van der Waals surface area contributed by atoms with Crippen molar-refractivity contribution in [1.29, 1.82) is 0 Å². The molecule has 1 unspecified atom stereocenters. The van der Waals surface area contributed by atoms with Crippen molar-refractivity contribution in [3.05, 3.63) is 47.0 Å². The molecule has 2 rings (SSSR count). The summed E-state index contributed by atoms with van der Waals surface area (Å²) in [5.74, 6) is 0.995. The summed E-state index contributed by atoms with van der Waals surface area (Å²) < 4.78 is 54.2. The zero-order valence-corrected chi connectivity index (χ0v) is 16.9. The Bertz CT molecular complexity index is 842. The van der Waals surface area contributed by atoms with Crippen LogP contribution in [0.5, 0.6) is 17.2 Å². The first-order valence-corrected chi connectivity index (χ1v) is 9.58. The van der Waals surface area contributed by atoms with Crippen molar-refractivity contribution in [3.63, 3.8) is 0 Å². The Balaban J connectivity index is 2.29. The molecular formula is C19H18ClF3O4S. The number of halogens is 4. The second kappa shape index (κ2) is 9.43. The molecule has 28 heavy (non-hydrogen) atoms. The van der Waals surface area contributed by atoms with Gasteiger partial charge in [-0.3, -0.25) is 0 Å². The van der Waals surface area contributed by atoms with Crippen LogP contribution in [0.15, 0.2) is 41.3 Å². The van der Waals surface area contributed by atoms with E-state index < -0.39 is 23.8 Å². The van der Waals surface area contributed by atoms with Gasteiger partial charge in [-0.2, -0.15) is 13.2 Å². The third-order valence-corrected chi connectivity index (χ3v) is 4.77. The molecule has 4 nitrogen and oxygen atoms in total. The number of esters is 1. The van der Waals surface area contributed by atoms with Gasteiger partial charge in [-0.05, 0) is 43.0 Å².